The smallest absolute Gasteiger partial charge is 0.254 e. The fourth-order valence-electron chi connectivity index (χ4n) is 1.43. The molecule has 0 fully saturated rings. The van der Waals surface area contributed by atoms with Crippen LogP contribution in [0.15, 0.2) is 29.6 Å². The van der Waals surface area contributed by atoms with Crippen molar-refractivity contribution in [1.82, 2.24) is 9.69 Å². The first-order chi connectivity index (χ1) is 8.16. The van der Waals surface area contributed by atoms with Gasteiger partial charge in [0.2, 0.25) is 0 Å². The first kappa shape index (κ1) is 11.7. The molecule has 1 amide bonds. The number of rotatable bonds is 3. The minimum atomic E-state index is -0.301. The number of aromatic nitrogens is 1. The van der Waals surface area contributed by atoms with E-state index in [2.05, 4.69) is 9.69 Å². The molecule has 2 aromatic rings. The molecule has 1 N–H and O–H groups in total. The van der Waals surface area contributed by atoms with E-state index in [0.717, 1.165) is 5.56 Å². The Morgan fingerprint density at radius 3 is 3.00 bits per heavy atom. The molecule has 0 spiro atoms. The molecule has 0 bridgehead atoms. The molecule has 0 aliphatic heterocycles. The number of carbonyl (C=O) groups is 1. The highest BCUT2D eigenvalue weighted by Crippen LogP contribution is 2.09. The molecule has 2 rings (SSSR count). The van der Waals surface area contributed by atoms with Crippen molar-refractivity contribution >= 4 is 17.4 Å². The Labute approximate surface area is 102 Å². The molecule has 0 saturated heterocycles. The van der Waals surface area contributed by atoms with Crippen LogP contribution in [-0.2, 0) is 6.54 Å². The highest BCUT2D eigenvalue weighted by molar-refractivity contribution is 7.03. The van der Waals surface area contributed by atoms with Gasteiger partial charge in [-0.3, -0.25) is 4.79 Å². The fraction of sp³-hybridized carbons (Fsp3) is 0.167. The lowest BCUT2D eigenvalue weighted by molar-refractivity contribution is 0.0950. The second-order valence-electron chi connectivity index (χ2n) is 3.63. The van der Waals surface area contributed by atoms with Crippen molar-refractivity contribution < 1.29 is 9.18 Å². The molecule has 5 heteroatoms. The number of aryl methyl sites for hydroxylation is 1. The Kier molecular flexibility index (Phi) is 3.49. The lowest BCUT2D eigenvalue weighted by atomic mass is 10.2. The molecule has 0 aliphatic rings. The van der Waals surface area contributed by atoms with E-state index in [-0.39, 0.29) is 11.7 Å². The summed E-state index contributed by atoms with van der Waals surface area (Å²) in [4.78, 5) is 11.7. The van der Waals surface area contributed by atoms with E-state index >= 15 is 0 Å². The lowest BCUT2D eigenvalue weighted by Gasteiger charge is -2.04. The minimum absolute atomic E-state index is 0.180. The number of benzene rings is 1. The van der Waals surface area contributed by atoms with Gasteiger partial charge in [-0.1, -0.05) is 12.1 Å². The van der Waals surface area contributed by atoms with Crippen LogP contribution in [0.5, 0.6) is 0 Å². The summed E-state index contributed by atoms with van der Waals surface area (Å²) in [6.07, 6.45) is 0. The molecule has 17 heavy (non-hydrogen) atoms. The largest absolute Gasteiger partial charge is 0.348 e. The predicted octanol–water partition coefficient (Wildman–Crippen LogP) is 2.52. The molecule has 3 nitrogen and oxygen atoms in total. The van der Waals surface area contributed by atoms with Crippen LogP contribution in [0.25, 0.3) is 0 Å². The van der Waals surface area contributed by atoms with Crippen molar-refractivity contribution in [2.45, 2.75) is 13.5 Å². The lowest BCUT2D eigenvalue weighted by Crippen LogP contribution is -2.23. The number of nitrogens with one attached hydrogen (secondary N) is 1. The van der Waals surface area contributed by atoms with Gasteiger partial charge in [0.25, 0.3) is 5.91 Å². The third-order valence-electron chi connectivity index (χ3n) is 2.34. The molecule has 1 heterocycles. The van der Waals surface area contributed by atoms with Crippen LogP contribution in [-0.4, -0.2) is 10.3 Å². The number of carbonyl (C=O) groups excluding carboxylic acids is 1. The molecule has 0 atom stereocenters. The van der Waals surface area contributed by atoms with Gasteiger partial charge < -0.3 is 5.32 Å². The summed E-state index contributed by atoms with van der Waals surface area (Å²) in [6.45, 7) is 2.10. The summed E-state index contributed by atoms with van der Waals surface area (Å²) < 4.78 is 16.9. The molecular weight excluding hydrogens is 239 g/mol. The summed E-state index contributed by atoms with van der Waals surface area (Å²) in [5, 5.41) is 4.44. The maximum atomic E-state index is 12.9. The van der Waals surface area contributed by atoms with Crippen LogP contribution in [0.3, 0.4) is 0 Å². The summed E-state index contributed by atoms with van der Waals surface area (Å²) in [5.74, 6) is -0.481. The third kappa shape index (κ3) is 2.88. The molecule has 0 unspecified atom stereocenters. The zero-order chi connectivity index (χ0) is 12.3. The van der Waals surface area contributed by atoms with E-state index in [0.29, 0.717) is 17.8 Å². The maximum Gasteiger partial charge on any atom is 0.254 e. The van der Waals surface area contributed by atoms with E-state index in [4.69, 9.17) is 0 Å². The highest BCUT2D eigenvalue weighted by Gasteiger charge is 2.10. The van der Waals surface area contributed by atoms with Crippen molar-refractivity contribution in [2.24, 2.45) is 0 Å². The topological polar surface area (TPSA) is 42.0 Å². The molecule has 1 aromatic heterocycles. The fourth-order valence-corrected chi connectivity index (χ4v) is 2.13. The summed E-state index contributed by atoms with van der Waals surface area (Å²) in [6, 6.07) is 6.16. The van der Waals surface area contributed by atoms with Gasteiger partial charge in [-0.25, -0.2) is 4.39 Å². The van der Waals surface area contributed by atoms with Gasteiger partial charge in [-0.05, 0) is 36.2 Å². The molecule has 88 valence electrons. The van der Waals surface area contributed by atoms with Crippen molar-refractivity contribution in [2.75, 3.05) is 0 Å². The first-order valence-electron chi connectivity index (χ1n) is 5.10. The van der Waals surface area contributed by atoms with Crippen molar-refractivity contribution in [3.8, 4) is 0 Å². The van der Waals surface area contributed by atoms with Gasteiger partial charge in [0.15, 0.2) is 0 Å². The van der Waals surface area contributed by atoms with Crippen molar-refractivity contribution in [1.29, 1.82) is 0 Å². The predicted molar refractivity (Wildman–Crippen MR) is 64.4 cm³/mol. The quantitative estimate of drug-likeness (QED) is 0.909. The number of hydrogen-bond donors (Lipinski definition) is 1. The second kappa shape index (κ2) is 5.05. The Balaban J connectivity index is 1.99. The van der Waals surface area contributed by atoms with Gasteiger partial charge in [-0.15, -0.1) is 0 Å². The molecule has 0 saturated carbocycles. The van der Waals surface area contributed by atoms with Crippen LogP contribution in [0.2, 0.25) is 0 Å². The zero-order valence-electron chi connectivity index (χ0n) is 9.24. The Morgan fingerprint density at radius 1 is 1.53 bits per heavy atom. The number of hydrogen-bond acceptors (Lipinski definition) is 3. The number of nitrogens with zero attached hydrogens (tertiary/aromatic N) is 1. The molecular formula is C12H11FN2OS. The van der Waals surface area contributed by atoms with Gasteiger partial charge >= 0.3 is 0 Å². The number of halogens is 1. The Hall–Kier alpha value is -1.75. The van der Waals surface area contributed by atoms with Crippen molar-refractivity contribution in [3.63, 3.8) is 0 Å². The summed E-state index contributed by atoms with van der Waals surface area (Å²) in [5.41, 5.74) is 2.03. The van der Waals surface area contributed by atoms with E-state index in [1.54, 1.807) is 24.4 Å². The van der Waals surface area contributed by atoms with Crippen LogP contribution >= 0.6 is 11.5 Å². The first-order valence-corrected chi connectivity index (χ1v) is 5.94. The number of amides is 1. The Bertz CT molecular complexity index is 539. The normalized spacial score (nSPS) is 10.2. The van der Waals surface area contributed by atoms with Gasteiger partial charge in [0.05, 0.1) is 11.3 Å². The highest BCUT2D eigenvalue weighted by atomic mass is 32.1. The average molecular weight is 250 g/mol. The molecule has 0 aliphatic carbocycles. The van der Waals surface area contributed by atoms with Crippen LogP contribution in [0.4, 0.5) is 4.39 Å². The maximum absolute atomic E-state index is 12.9. The minimum Gasteiger partial charge on any atom is -0.348 e. The van der Waals surface area contributed by atoms with Gasteiger partial charge in [0, 0.05) is 11.9 Å². The van der Waals surface area contributed by atoms with Gasteiger partial charge in [-0.2, -0.15) is 4.37 Å². The van der Waals surface area contributed by atoms with E-state index in [1.165, 1.54) is 23.7 Å². The molecule has 1 aromatic carbocycles. The molecule has 0 radical (unpaired) electrons. The second-order valence-corrected chi connectivity index (χ2v) is 4.26. The standard InChI is InChI=1S/C12H11FN2OS/c1-8-11(7-17-15-8)12(16)14-6-9-3-2-4-10(13)5-9/h2-5,7H,6H2,1H3,(H,14,16). The third-order valence-corrected chi connectivity index (χ3v) is 3.06. The van der Waals surface area contributed by atoms with Crippen LogP contribution < -0.4 is 5.32 Å². The SMILES string of the molecule is Cc1nscc1C(=O)NCc1cccc(F)c1. The van der Waals surface area contributed by atoms with Crippen LogP contribution in [0.1, 0.15) is 21.6 Å². The van der Waals surface area contributed by atoms with E-state index in [9.17, 15) is 9.18 Å². The monoisotopic (exact) mass is 250 g/mol. The zero-order valence-corrected chi connectivity index (χ0v) is 10.1. The summed E-state index contributed by atoms with van der Waals surface area (Å²) >= 11 is 1.25. The van der Waals surface area contributed by atoms with Crippen LogP contribution in [0, 0.1) is 12.7 Å². The van der Waals surface area contributed by atoms with E-state index < -0.39 is 0 Å². The van der Waals surface area contributed by atoms with Gasteiger partial charge in [0.1, 0.15) is 5.82 Å². The van der Waals surface area contributed by atoms with Crippen molar-refractivity contribution in [3.05, 3.63) is 52.3 Å². The Morgan fingerprint density at radius 2 is 2.35 bits per heavy atom. The summed E-state index contributed by atoms with van der Waals surface area (Å²) in [7, 11) is 0. The average Bonchev–Trinajstić information content (AvgIpc) is 2.72. The van der Waals surface area contributed by atoms with E-state index in [1.807, 2.05) is 0 Å².